The number of benzene rings is 1. The molecule has 2 aromatic rings. The Bertz CT molecular complexity index is 858. The number of rotatable bonds is 3. The van der Waals surface area contributed by atoms with Crippen molar-refractivity contribution >= 4 is 5.91 Å². The molecule has 0 aliphatic carbocycles. The number of hydrazine groups is 1. The van der Waals surface area contributed by atoms with Gasteiger partial charge >= 0.3 is 0 Å². The molecular weight excluding hydrogens is 344 g/mol. The number of hydrogen-bond acceptors (Lipinski definition) is 7. The second-order valence-corrected chi connectivity index (χ2v) is 7.21. The van der Waals surface area contributed by atoms with Gasteiger partial charge in [-0.15, -0.1) is 0 Å². The molecule has 8 heteroatoms. The predicted octanol–water partition coefficient (Wildman–Crippen LogP) is 0.980. The van der Waals surface area contributed by atoms with Gasteiger partial charge in [0.1, 0.15) is 6.17 Å². The molecular formula is C19H22N6O2. The number of carbonyl (C=O) groups excluding carboxylic acids is 1. The van der Waals surface area contributed by atoms with Crippen LogP contribution < -0.4 is 16.1 Å². The summed E-state index contributed by atoms with van der Waals surface area (Å²) in [5, 5.41) is 12.6. The summed E-state index contributed by atoms with van der Waals surface area (Å²) in [4.78, 5) is 16.9. The molecule has 1 aromatic carbocycles. The van der Waals surface area contributed by atoms with E-state index in [9.17, 15) is 4.79 Å². The molecule has 2 fully saturated rings. The Balaban J connectivity index is 1.40. The fourth-order valence-electron chi connectivity index (χ4n) is 4.14. The average molecular weight is 366 g/mol. The lowest BCUT2D eigenvalue weighted by Crippen LogP contribution is -2.53. The van der Waals surface area contributed by atoms with E-state index in [2.05, 4.69) is 31.2 Å². The van der Waals surface area contributed by atoms with E-state index >= 15 is 0 Å². The van der Waals surface area contributed by atoms with Crippen molar-refractivity contribution in [3.05, 3.63) is 48.0 Å². The van der Waals surface area contributed by atoms with Gasteiger partial charge in [-0.3, -0.25) is 9.80 Å². The third kappa shape index (κ3) is 3.00. The van der Waals surface area contributed by atoms with Crippen LogP contribution in [0.25, 0.3) is 11.4 Å². The molecule has 140 valence electrons. The van der Waals surface area contributed by atoms with Crippen molar-refractivity contribution in [1.82, 2.24) is 31.2 Å². The van der Waals surface area contributed by atoms with Gasteiger partial charge in [-0.2, -0.15) is 4.98 Å². The van der Waals surface area contributed by atoms with E-state index in [1.54, 1.807) is 6.08 Å². The minimum absolute atomic E-state index is 0.0544. The van der Waals surface area contributed by atoms with Gasteiger partial charge in [0.15, 0.2) is 0 Å². The van der Waals surface area contributed by atoms with Crippen molar-refractivity contribution in [1.29, 1.82) is 0 Å². The SMILES string of the molecule is O=C1C=C(C2CCNCC2)N2NCC(c3nc(-c4ccccc4)no3)C2N1. The van der Waals surface area contributed by atoms with Gasteiger partial charge in [0.05, 0.1) is 5.92 Å². The van der Waals surface area contributed by atoms with Crippen LogP contribution in [-0.2, 0) is 4.79 Å². The molecule has 2 unspecified atom stereocenters. The van der Waals surface area contributed by atoms with Crippen LogP contribution in [-0.4, -0.2) is 46.9 Å². The summed E-state index contributed by atoms with van der Waals surface area (Å²) in [5.74, 6) is 1.35. The summed E-state index contributed by atoms with van der Waals surface area (Å²) in [5.41, 5.74) is 5.41. The van der Waals surface area contributed by atoms with Crippen LogP contribution in [0.15, 0.2) is 46.6 Å². The van der Waals surface area contributed by atoms with E-state index in [1.807, 2.05) is 30.3 Å². The van der Waals surface area contributed by atoms with Crippen molar-refractivity contribution in [2.45, 2.75) is 24.9 Å². The van der Waals surface area contributed by atoms with E-state index in [4.69, 9.17) is 4.52 Å². The predicted molar refractivity (Wildman–Crippen MR) is 97.9 cm³/mol. The number of carbonyl (C=O) groups is 1. The number of allylic oxidation sites excluding steroid dienone is 1. The zero-order chi connectivity index (χ0) is 18.2. The lowest BCUT2D eigenvalue weighted by Gasteiger charge is -2.38. The normalized spacial score (nSPS) is 25.9. The maximum absolute atomic E-state index is 12.3. The molecule has 1 aromatic heterocycles. The molecule has 1 amide bonds. The molecule has 0 bridgehead atoms. The van der Waals surface area contributed by atoms with Gasteiger partial charge in [-0.1, -0.05) is 35.5 Å². The monoisotopic (exact) mass is 366 g/mol. The number of hydrogen-bond donors (Lipinski definition) is 3. The first kappa shape index (κ1) is 16.5. The van der Waals surface area contributed by atoms with Crippen LogP contribution in [0.5, 0.6) is 0 Å². The summed E-state index contributed by atoms with van der Waals surface area (Å²) < 4.78 is 5.56. The Morgan fingerprint density at radius 1 is 1.15 bits per heavy atom. The minimum atomic E-state index is -0.212. The highest BCUT2D eigenvalue weighted by molar-refractivity contribution is 5.89. The van der Waals surface area contributed by atoms with Gasteiger partial charge in [0.25, 0.3) is 0 Å². The first-order valence-electron chi connectivity index (χ1n) is 9.44. The average Bonchev–Trinajstić information content (AvgIpc) is 3.35. The number of fused-ring (bicyclic) bond motifs is 1. The fraction of sp³-hybridized carbons (Fsp3) is 0.421. The van der Waals surface area contributed by atoms with Gasteiger partial charge in [0.2, 0.25) is 17.6 Å². The minimum Gasteiger partial charge on any atom is -0.338 e. The molecule has 8 nitrogen and oxygen atoms in total. The maximum atomic E-state index is 12.3. The summed E-state index contributed by atoms with van der Waals surface area (Å²) >= 11 is 0. The molecule has 5 rings (SSSR count). The molecule has 0 saturated carbocycles. The zero-order valence-corrected chi connectivity index (χ0v) is 14.9. The van der Waals surface area contributed by atoms with Crippen LogP contribution in [0, 0.1) is 5.92 Å². The Morgan fingerprint density at radius 2 is 1.96 bits per heavy atom. The van der Waals surface area contributed by atoms with E-state index in [1.165, 1.54) is 0 Å². The van der Waals surface area contributed by atoms with E-state index < -0.39 is 0 Å². The Kier molecular flexibility index (Phi) is 4.14. The smallest absolute Gasteiger partial charge is 0.247 e. The number of piperidine rings is 1. The summed E-state index contributed by atoms with van der Waals surface area (Å²) in [6.07, 6.45) is 3.59. The highest BCUT2D eigenvalue weighted by atomic mass is 16.5. The Morgan fingerprint density at radius 3 is 2.78 bits per heavy atom. The van der Waals surface area contributed by atoms with E-state index in [-0.39, 0.29) is 18.0 Å². The Hall–Kier alpha value is -2.71. The molecule has 0 radical (unpaired) electrons. The van der Waals surface area contributed by atoms with Crippen LogP contribution in [0.4, 0.5) is 0 Å². The van der Waals surface area contributed by atoms with Gasteiger partial charge in [-0.05, 0) is 25.9 Å². The maximum Gasteiger partial charge on any atom is 0.247 e. The fourth-order valence-corrected chi connectivity index (χ4v) is 4.14. The van der Waals surface area contributed by atoms with Crippen molar-refractivity contribution in [2.75, 3.05) is 19.6 Å². The summed E-state index contributed by atoms with van der Waals surface area (Å²) in [6.45, 7) is 2.61. The second-order valence-electron chi connectivity index (χ2n) is 7.21. The summed E-state index contributed by atoms with van der Waals surface area (Å²) in [7, 11) is 0. The third-order valence-corrected chi connectivity index (χ3v) is 5.54. The third-order valence-electron chi connectivity index (χ3n) is 5.54. The van der Waals surface area contributed by atoms with E-state index in [0.29, 0.717) is 24.2 Å². The van der Waals surface area contributed by atoms with Crippen LogP contribution in [0.3, 0.4) is 0 Å². The van der Waals surface area contributed by atoms with Gasteiger partial charge < -0.3 is 15.2 Å². The van der Waals surface area contributed by atoms with Gasteiger partial charge in [-0.25, -0.2) is 5.43 Å². The summed E-state index contributed by atoms with van der Waals surface area (Å²) in [6, 6.07) is 9.75. The standard InChI is InChI=1S/C19H22N6O2/c26-16-10-15(12-6-8-20-9-7-12)25-18(22-16)14(11-21-25)19-23-17(24-27-19)13-4-2-1-3-5-13/h1-5,10,12,14,18,20-21H,6-9,11H2,(H,22,26). The molecule has 27 heavy (non-hydrogen) atoms. The molecule has 4 heterocycles. The van der Waals surface area contributed by atoms with Gasteiger partial charge in [0, 0.05) is 29.8 Å². The number of aromatic nitrogens is 2. The van der Waals surface area contributed by atoms with Crippen molar-refractivity contribution in [2.24, 2.45) is 5.92 Å². The lowest BCUT2D eigenvalue weighted by atomic mass is 9.92. The molecule has 2 atom stereocenters. The molecule has 2 saturated heterocycles. The van der Waals surface area contributed by atoms with Crippen LogP contribution >= 0.6 is 0 Å². The quantitative estimate of drug-likeness (QED) is 0.745. The van der Waals surface area contributed by atoms with E-state index in [0.717, 1.165) is 37.2 Å². The molecule has 3 aliphatic heterocycles. The molecule has 3 N–H and O–H groups in total. The number of amides is 1. The Labute approximate surface area is 157 Å². The first-order valence-corrected chi connectivity index (χ1v) is 9.44. The van der Waals surface area contributed by atoms with Crippen LogP contribution in [0.1, 0.15) is 24.7 Å². The largest absolute Gasteiger partial charge is 0.338 e. The highest BCUT2D eigenvalue weighted by Gasteiger charge is 2.44. The van der Waals surface area contributed by atoms with Crippen molar-refractivity contribution in [3.8, 4) is 11.4 Å². The second kappa shape index (κ2) is 6.79. The molecule has 0 spiro atoms. The topological polar surface area (TPSA) is 95.3 Å². The van der Waals surface area contributed by atoms with Crippen molar-refractivity contribution in [3.63, 3.8) is 0 Å². The lowest BCUT2D eigenvalue weighted by molar-refractivity contribution is -0.119. The zero-order valence-electron chi connectivity index (χ0n) is 14.9. The number of nitrogens with zero attached hydrogens (tertiary/aromatic N) is 3. The van der Waals surface area contributed by atoms with Crippen LogP contribution in [0.2, 0.25) is 0 Å². The highest BCUT2D eigenvalue weighted by Crippen LogP contribution is 2.34. The first-order chi connectivity index (χ1) is 13.3. The van der Waals surface area contributed by atoms with Crippen molar-refractivity contribution < 1.29 is 9.32 Å². The molecule has 3 aliphatic rings. The number of nitrogens with one attached hydrogen (secondary N) is 3.